The molecule has 0 radical (unpaired) electrons. The van der Waals surface area contributed by atoms with Gasteiger partial charge in [-0.25, -0.2) is 0 Å². The number of fused-ring (bicyclic) bond motifs is 2. The van der Waals surface area contributed by atoms with Gasteiger partial charge < -0.3 is 15.1 Å². The van der Waals surface area contributed by atoms with Crippen LogP contribution in [0.5, 0.6) is 0 Å². The van der Waals surface area contributed by atoms with E-state index in [0.717, 1.165) is 18.4 Å². The van der Waals surface area contributed by atoms with E-state index in [9.17, 15) is 9.59 Å². The van der Waals surface area contributed by atoms with Crippen LogP contribution in [-0.4, -0.2) is 53.3 Å². The standard InChI is InChI=1S/C20H29N3O2.ClH/c1-15(24)23(14-16-6-4-3-5-7-16)11-10-20(25)22(2)19-12-17-8-9-18(13-19)21-17;/h3-7,17-19,21H,8-14H2,1-2H3;1H. The van der Waals surface area contributed by atoms with E-state index < -0.39 is 0 Å². The van der Waals surface area contributed by atoms with Crippen LogP contribution in [0.3, 0.4) is 0 Å². The zero-order valence-corrected chi connectivity index (χ0v) is 16.5. The molecule has 2 bridgehead atoms. The molecule has 0 aromatic heterocycles. The Morgan fingerprint density at radius 2 is 1.73 bits per heavy atom. The first-order valence-electron chi connectivity index (χ1n) is 9.34. The van der Waals surface area contributed by atoms with Gasteiger partial charge in [0, 0.05) is 51.6 Å². The Morgan fingerprint density at radius 3 is 2.31 bits per heavy atom. The number of hydrogen-bond acceptors (Lipinski definition) is 3. The second-order valence-electron chi connectivity index (χ2n) is 7.44. The molecule has 3 rings (SSSR count). The minimum Gasteiger partial charge on any atom is -0.343 e. The van der Waals surface area contributed by atoms with Crippen LogP contribution in [0.2, 0.25) is 0 Å². The first-order chi connectivity index (χ1) is 12.0. The molecule has 5 nitrogen and oxygen atoms in total. The Balaban J connectivity index is 0.00000243. The predicted octanol–water partition coefficient (Wildman–Crippen LogP) is 2.59. The van der Waals surface area contributed by atoms with Gasteiger partial charge >= 0.3 is 0 Å². The lowest BCUT2D eigenvalue weighted by atomic mass is 9.98. The second kappa shape index (κ2) is 9.38. The van der Waals surface area contributed by atoms with E-state index in [1.54, 1.807) is 11.8 Å². The number of hydrogen-bond donors (Lipinski definition) is 1. The number of amides is 2. The zero-order valence-electron chi connectivity index (χ0n) is 15.7. The van der Waals surface area contributed by atoms with E-state index in [-0.39, 0.29) is 24.2 Å². The molecule has 0 spiro atoms. The van der Waals surface area contributed by atoms with Crippen molar-refractivity contribution in [1.29, 1.82) is 0 Å². The van der Waals surface area contributed by atoms with Crippen molar-refractivity contribution in [3.63, 3.8) is 0 Å². The van der Waals surface area contributed by atoms with Gasteiger partial charge in [-0.3, -0.25) is 9.59 Å². The highest BCUT2D eigenvalue weighted by Crippen LogP contribution is 2.29. The number of halogens is 1. The Labute approximate surface area is 162 Å². The van der Waals surface area contributed by atoms with E-state index in [0.29, 0.717) is 37.6 Å². The number of nitrogens with one attached hydrogen (secondary N) is 1. The Bertz CT molecular complexity index is 598. The lowest BCUT2D eigenvalue weighted by Gasteiger charge is -2.36. The molecule has 2 aliphatic rings. The van der Waals surface area contributed by atoms with Crippen LogP contribution in [0.1, 0.15) is 44.6 Å². The smallest absolute Gasteiger partial charge is 0.224 e. The summed E-state index contributed by atoms with van der Waals surface area (Å²) in [6, 6.07) is 11.4. The quantitative estimate of drug-likeness (QED) is 0.826. The Morgan fingerprint density at radius 1 is 1.12 bits per heavy atom. The molecular formula is C20H30ClN3O2. The van der Waals surface area contributed by atoms with Crippen molar-refractivity contribution in [3.05, 3.63) is 35.9 Å². The van der Waals surface area contributed by atoms with Crippen LogP contribution in [0.25, 0.3) is 0 Å². The van der Waals surface area contributed by atoms with E-state index >= 15 is 0 Å². The van der Waals surface area contributed by atoms with Gasteiger partial charge in [0.1, 0.15) is 0 Å². The summed E-state index contributed by atoms with van der Waals surface area (Å²) < 4.78 is 0. The fourth-order valence-corrected chi connectivity index (χ4v) is 4.11. The highest BCUT2D eigenvalue weighted by atomic mass is 35.5. The van der Waals surface area contributed by atoms with Gasteiger partial charge in [0.25, 0.3) is 0 Å². The van der Waals surface area contributed by atoms with Gasteiger partial charge in [0.2, 0.25) is 11.8 Å². The van der Waals surface area contributed by atoms with Crippen molar-refractivity contribution in [2.75, 3.05) is 13.6 Å². The van der Waals surface area contributed by atoms with Crippen molar-refractivity contribution in [1.82, 2.24) is 15.1 Å². The molecule has 0 aliphatic carbocycles. The molecule has 1 aromatic rings. The molecule has 1 aromatic carbocycles. The molecule has 0 saturated carbocycles. The number of piperidine rings is 1. The maximum Gasteiger partial charge on any atom is 0.224 e. The minimum atomic E-state index is 0. The van der Waals surface area contributed by atoms with Crippen molar-refractivity contribution < 1.29 is 9.59 Å². The molecule has 2 aliphatic heterocycles. The van der Waals surface area contributed by atoms with Crippen molar-refractivity contribution >= 4 is 24.2 Å². The van der Waals surface area contributed by atoms with E-state index in [2.05, 4.69) is 5.32 Å². The number of nitrogens with zero attached hydrogens (tertiary/aromatic N) is 2. The van der Waals surface area contributed by atoms with Crippen LogP contribution < -0.4 is 5.32 Å². The fourth-order valence-electron chi connectivity index (χ4n) is 4.11. The van der Waals surface area contributed by atoms with Crippen LogP contribution in [0.15, 0.2) is 30.3 Å². The highest BCUT2D eigenvalue weighted by Gasteiger charge is 2.36. The highest BCUT2D eigenvalue weighted by molar-refractivity contribution is 5.85. The predicted molar refractivity (Wildman–Crippen MR) is 105 cm³/mol. The summed E-state index contributed by atoms with van der Waals surface area (Å²) in [7, 11) is 1.92. The van der Waals surface area contributed by atoms with Gasteiger partial charge in [-0.2, -0.15) is 0 Å². The summed E-state index contributed by atoms with van der Waals surface area (Å²) in [5.74, 6) is 0.157. The average molecular weight is 380 g/mol. The second-order valence-corrected chi connectivity index (χ2v) is 7.44. The molecule has 26 heavy (non-hydrogen) atoms. The molecular weight excluding hydrogens is 350 g/mol. The van der Waals surface area contributed by atoms with Crippen LogP contribution in [0, 0.1) is 0 Å². The monoisotopic (exact) mass is 379 g/mol. The van der Waals surface area contributed by atoms with E-state index in [1.165, 1.54) is 12.8 Å². The molecule has 1 N–H and O–H groups in total. The summed E-state index contributed by atoms with van der Waals surface area (Å²) in [5.41, 5.74) is 1.09. The van der Waals surface area contributed by atoms with Gasteiger partial charge in [0.15, 0.2) is 0 Å². The SMILES string of the molecule is CC(=O)N(CCC(=O)N(C)C1CC2CCC(C1)N2)Cc1ccccc1.Cl. The van der Waals surface area contributed by atoms with Crippen molar-refractivity contribution in [3.8, 4) is 0 Å². The van der Waals surface area contributed by atoms with Gasteiger partial charge in [0.05, 0.1) is 0 Å². The molecule has 2 heterocycles. The average Bonchev–Trinajstić information content (AvgIpc) is 2.96. The third-order valence-corrected chi connectivity index (χ3v) is 5.65. The van der Waals surface area contributed by atoms with E-state index in [4.69, 9.17) is 0 Å². The van der Waals surface area contributed by atoms with E-state index in [1.807, 2.05) is 42.3 Å². The number of rotatable bonds is 6. The molecule has 6 heteroatoms. The molecule has 144 valence electrons. The summed E-state index contributed by atoms with van der Waals surface area (Å²) >= 11 is 0. The third kappa shape index (κ3) is 5.21. The normalized spacial score (nSPS) is 23.8. The number of carbonyl (C=O) groups excluding carboxylic acids is 2. The summed E-state index contributed by atoms with van der Waals surface area (Å²) in [6.45, 7) is 2.61. The zero-order chi connectivity index (χ0) is 17.8. The first kappa shape index (κ1) is 20.7. The Hall–Kier alpha value is -1.59. The van der Waals surface area contributed by atoms with Crippen LogP contribution in [-0.2, 0) is 16.1 Å². The maximum atomic E-state index is 12.6. The Kier molecular flexibility index (Phi) is 7.47. The molecule has 2 saturated heterocycles. The van der Waals surface area contributed by atoms with Crippen molar-refractivity contribution in [2.24, 2.45) is 0 Å². The molecule has 2 amide bonds. The van der Waals surface area contributed by atoms with Gasteiger partial charge in [-0.15, -0.1) is 12.4 Å². The molecule has 2 fully saturated rings. The number of carbonyl (C=O) groups is 2. The van der Waals surface area contributed by atoms with Crippen molar-refractivity contribution in [2.45, 2.75) is 63.7 Å². The van der Waals surface area contributed by atoms with Gasteiger partial charge in [-0.1, -0.05) is 30.3 Å². The largest absolute Gasteiger partial charge is 0.343 e. The third-order valence-electron chi connectivity index (χ3n) is 5.65. The first-order valence-corrected chi connectivity index (χ1v) is 9.34. The number of benzene rings is 1. The maximum absolute atomic E-state index is 12.6. The summed E-state index contributed by atoms with van der Waals surface area (Å²) in [6.07, 6.45) is 4.97. The molecule has 2 unspecified atom stereocenters. The van der Waals surface area contributed by atoms with Crippen LogP contribution >= 0.6 is 12.4 Å². The fraction of sp³-hybridized carbons (Fsp3) is 0.600. The molecule has 2 atom stereocenters. The van der Waals surface area contributed by atoms with Gasteiger partial charge in [-0.05, 0) is 31.2 Å². The lowest BCUT2D eigenvalue weighted by Crippen LogP contribution is -2.49. The van der Waals surface area contributed by atoms with Crippen LogP contribution in [0.4, 0.5) is 0 Å². The summed E-state index contributed by atoms with van der Waals surface area (Å²) in [5, 5.41) is 3.62. The lowest BCUT2D eigenvalue weighted by molar-refractivity contribution is -0.134. The summed E-state index contributed by atoms with van der Waals surface area (Å²) in [4.78, 5) is 28.2. The topological polar surface area (TPSA) is 52.7 Å². The minimum absolute atomic E-state index is 0.